The van der Waals surface area contributed by atoms with Crippen molar-refractivity contribution in [2.75, 3.05) is 0 Å². The monoisotopic (exact) mass is 905 g/mol. The van der Waals surface area contributed by atoms with E-state index < -0.39 is 120 Å². The van der Waals surface area contributed by atoms with Crippen LogP contribution in [0.15, 0.2) is 34.0 Å². The number of ketones is 3. The molecule has 0 aromatic carbocycles. The molecule has 0 aliphatic heterocycles. The first-order chi connectivity index (χ1) is 22.6. The Kier molecular flexibility index (Phi) is 11.1. The second kappa shape index (κ2) is 12.9. The molecule has 6 nitrogen and oxygen atoms in total. The van der Waals surface area contributed by atoms with Gasteiger partial charge in [-0.15, -0.1) is 0 Å². The van der Waals surface area contributed by atoms with Gasteiger partial charge in [0.15, 0.2) is 17.3 Å². The Morgan fingerprint density at radius 3 is 0.750 bits per heavy atom. The first-order valence-electron chi connectivity index (χ1n) is 16.7. The van der Waals surface area contributed by atoms with Gasteiger partial charge in [0.2, 0.25) is 0 Å². The first kappa shape index (κ1) is 44.7. The van der Waals surface area contributed by atoms with Crippen LogP contribution in [0.3, 0.4) is 0 Å². The van der Waals surface area contributed by atoms with Gasteiger partial charge < -0.3 is 15.3 Å². The van der Waals surface area contributed by atoms with Crippen LogP contribution >= 0.6 is 0 Å². The van der Waals surface area contributed by atoms with Gasteiger partial charge >= 0.3 is 56.7 Å². The average molecular weight is 904 g/mol. The molecular formula is C36H42DyF9O6. The van der Waals surface area contributed by atoms with Crippen LogP contribution in [0.1, 0.15) is 101 Å². The predicted molar refractivity (Wildman–Crippen MR) is 158 cm³/mol. The molecule has 1 radical (unpaired) electrons. The van der Waals surface area contributed by atoms with Gasteiger partial charge in [0.25, 0.3) is 0 Å². The zero-order valence-corrected chi connectivity index (χ0v) is 32.2. The molecule has 6 saturated carbocycles. The van der Waals surface area contributed by atoms with Crippen LogP contribution in [-0.2, 0) is 14.4 Å². The number of hydrogen-bond donors (Lipinski definition) is 0. The predicted octanol–water partition coefficient (Wildman–Crippen LogP) is 6.56. The maximum absolute atomic E-state index is 12.5. The van der Waals surface area contributed by atoms with Gasteiger partial charge in [0.1, 0.15) is 0 Å². The molecule has 52 heavy (non-hydrogen) atoms. The molecule has 0 amide bonds. The van der Waals surface area contributed by atoms with E-state index in [0.717, 1.165) is 0 Å². The number of fused-ring (bicyclic) bond motifs is 6. The zero-order chi connectivity index (χ0) is 39.7. The molecule has 0 heterocycles. The Balaban J connectivity index is 0.000000208. The van der Waals surface area contributed by atoms with Crippen LogP contribution in [0.2, 0.25) is 0 Å². The zero-order valence-electron chi connectivity index (χ0n) is 30.1. The van der Waals surface area contributed by atoms with E-state index in [4.69, 9.17) is 0 Å². The fourth-order valence-electron chi connectivity index (χ4n) is 9.84. The Hall–Kier alpha value is -1.73. The summed E-state index contributed by atoms with van der Waals surface area (Å²) in [7, 11) is 0. The second-order valence-electron chi connectivity index (χ2n) is 17.1. The quantitative estimate of drug-likeness (QED) is 0.154. The Bertz CT molecular complexity index is 1460. The minimum atomic E-state index is -4.94. The molecule has 0 aromatic heterocycles. The van der Waals surface area contributed by atoms with Crippen LogP contribution in [-0.4, -0.2) is 35.9 Å². The molecule has 6 fully saturated rings. The summed E-state index contributed by atoms with van der Waals surface area (Å²) in [6.45, 7) is 15.7. The number of Topliss-reactive ketones (excluding diaryl/α,β-unsaturated/α-hetero) is 3. The molecule has 6 atom stereocenters. The second-order valence-corrected chi connectivity index (χ2v) is 17.1. The Morgan fingerprint density at radius 2 is 0.635 bits per heavy atom. The number of carbonyl (C=O) groups excluding carboxylic acids is 3. The summed E-state index contributed by atoms with van der Waals surface area (Å²) < 4.78 is 112. The van der Waals surface area contributed by atoms with Crippen molar-refractivity contribution in [2.24, 2.45) is 50.2 Å². The molecule has 0 spiro atoms. The summed E-state index contributed by atoms with van der Waals surface area (Å²) in [6.07, 6.45) is -11.6. The van der Waals surface area contributed by atoms with Gasteiger partial charge in [-0.05, 0) is 107 Å². The molecule has 6 aliphatic rings. The third-order valence-corrected chi connectivity index (χ3v) is 14.5. The third-order valence-electron chi connectivity index (χ3n) is 14.5. The van der Waals surface area contributed by atoms with E-state index in [0.29, 0.717) is 38.5 Å². The van der Waals surface area contributed by atoms with Crippen molar-refractivity contribution >= 4 is 17.3 Å². The van der Waals surface area contributed by atoms with E-state index in [1.54, 1.807) is 62.3 Å². The third kappa shape index (κ3) is 6.07. The molecule has 6 aliphatic carbocycles. The number of rotatable bonds is 0. The van der Waals surface area contributed by atoms with Crippen molar-refractivity contribution in [1.29, 1.82) is 0 Å². The maximum Gasteiger partial charge on any atom is 3.00 e. The summed E-state index contributed by atoms with van der Waals surface area (Å²) in [5.41, 5.74) is -5.65. The van der Waals surface area contributed by atoms with Crippen LogP contribution in [0, 0.1) is 88.4 Å². The first-order valence-corrected chi connectivity index (χ1v) is 16.7. The Morgan fingerprint density at radius 1 is 0.462 bits per heavy atom. The molecule has 0 saturated heterocycles. The number of allylic oxidation sites excluding steroid dienone is 6. The number of halogens is 9. The summed E-state index contributed by atoms with van der Waals surface area (Å²) in [5, 5.41) is 33.9. The molecule has 6 unspecified atom stereocenters. The standard InChI is InChI=1S/3C12H15F3O2.Dy/c3*1-10(2)6-4-5-11(10,3)8(16)7(6)9(17)12(13,14)15;/h3*6,17H,4-5H2,1-3H3;/q;;;+3/p-3. The number of hydrogen-bond acceptors (Lipinski definition) is 6. The van der Waals surface area contributed by atoms with Crippen molar-refractivity contribution in [3.05, 3.63) is 34.0 Å². The van der Waals surface area contributed by atoms with Gasteiger partial charge in [-0.25, -0.2) is 0 Å². The van der Waals surface area contributed by atoms with E-state index in [1.807, 2.05) is 0 Å². The van der Waals surface area contributed by atoms with Crippen LogP contribution in [0.25, 0.3) is 0 Å². The number of alkyl halides is 9. The molecular weight excluding hydrogens is 862 g/mol. The molecule has 0 aromatic rings. The van der Waals surface area contributed by atoms with E-state index in [2.05, 4.69) is 0 Å². The van der Waals surface area contributed by atoms with Gasteiger partial charge in [-0.3, -0.25) is 14.4 Å². The fourth-order valence-corrected chi connectivity index (χ4v) is 9.84. The normalized spacial score (nSPS) is 38.0. The van der Waals surface area contributed by atoms with Crippen molar-refractivity contribution in [2.45, 2.75) is 119 Å². The minimum absolute atomic E-state index is 0. The van der Waals surface area contributed by atoms with Crippen molar-refractivity contribution in [3.63, 3.8) is 0 Å². The summed E-state index contributed by atoms with van der Waals surface area (Å²) in [6, 6.07) is 0. The average Bonchev–Trinajstić information content (AvgIpc) is 3.59. The SMILES string of the molecule is CC12CCC(C(=C([O-])C(F)(F)F)C1=O)C2(C)C.CC12CCC(C(=C([O-])C(F)(F)F)C1=O)C2(C)C.CC12CCC(C(=C([O-])C(F)(F)F)C1=O)C2(C)C.[Dy+3]. The fraction of sp³-hybridized carbons (Fsp3) is 0.750. The molecule has 295 valence electrons. The van der Waals surface area contributed by atoms with Crippen molar-refractivity contribution in [1.82, 2.24) is 0 Å². The smallest absolute Gasteiger partial charge is 0.869 e. The molecule has 6 bridgehead atoms. The summed E-state index contributed by atoms with van der Waals surface area (Å²) >= 11 is 0. The van der Waals surface area contributed by atoms with Crippen molar-refractivity contribution in [3.8, 4) is 0 Å². The molecule has 16 heteroatoms. The number of carbonyl (C=O) groups is 3. The molecule has 6 rings (SSSR count). The van der Waals surface area contributed by atoms with Crippen LogP contribution in [0.4, 0.5) is 39.5 Å². The van der Waals surface area contributed by atoms with E-state index in [-0.39, 0.29) is 38.2 Å². The molecule has 0 N–H and O–H groups in total. The maximum atomic E-state index is 12.5. The van der Waals surface area contributed by atoms with Crippen LogP contribution < -0.4 is 15.3 Å². The summed E-state index contributed by atoms with van der Waals surface area (Å²) in [4.78, 5) is 36.1. The largest absolute Gasteiger partial charge is 3.00 e. The Labute approximate surface area is 326 Å². The van der Waals surface area contributed by atoms with Crippen molar-refractivity contribution < 1.29 is 107 Å². The van der Waals surface area contributed by atoms with E-state index >= 15 is 0 Å². The van der Waals surface area contributed by atoms with E-state index in [9.17, 15) is 69.2 Å². The minimum Gasteiger partial charge on any atom is -0.869 e. The van der Waals surface area contributed by atoms with Gasteiger partial charge in [-0.2, -0.15) is 39.5 Å². The summed E-state index contributed by atoms with van der Waals surface area (Å²) in [5.74, 6) is -9.25. The van der Waals surface area contributed by atoms with Gasteiger partial charge in [0, 0.05) is 16.2 Å². The van der Waals surface area contributed by atoms with E-state index in [1.165, 1.54) is 0 Å². The van der Waals surface area contributed by atoms with Crippen LogP contribution in [0.5, 0.6) is 0 Å². The van der Waals surface area contributed by atoms with Gasteiger partial charge in [0.05, 0.1) is 0 Å². The topological polar surface area (TPSA) is 120 Å². The van der Waals surface area contributed by atoms with Gasteiger partial charge in [-0.1, -0.05) is 62.3 Å².